The third-order valence-corrected chi connectivity index (χ3v) is 1.10. The van der Waals surface area contributed by atoms with Crippen LogP contribution in [0.15, 0.2) is 0 Å². The van der Waals surface area contributed by atoms with E-state index in [1.807, 2.05) is 6.92 Å². The lowest BCUT2D eigenvalue weighted by molar-refractivity contribution is -0.127. The average Bonchev–Trinajstić information content (AvgIpc) is 1.79. The van der Waals surface area contributed by atoms with Crippen molar-refractivity contribution < 1.29 is 14.6 Å². The van der Waals surface area contributed by atoms with Gasteiger partial charge < -0.3 is 9.84 Å². The number of carbonyl (C=O) groups is 1. The quantitative estimate of drug-likeness (QED) is 0.645. The van der Waals surface area contributed by atoms with Crippen molar-refractivity contribution in [3.63, 3.8) is 0 Å². The highest BCUT2D eigenvalue weighted by molar-refractivity contribution is 5.80. The lowest BCUT2D eigenvalue weighted by Crippen LogP contribution is -2.25. The van der Waals surface area contributed by atoms with Crippen LogP contribution in [0.25, 0.3) is 0 Å². The Morgan fingerprint density at radius 2 is 2.09 bits per heavy atom. The van der Waals surface area contributed by atoms with Gasteiger partial charge in [0.1, 0.15) is 6.61 Å². The number of aliphatic hydroxyl groups is 1. The van der Waals surface area contributed by atoms with Crippen LogP contribution in [0.3, 0.4) is 0 Å². The molecule has 3 heteroatoms. The third kappa shape index (κ3) is 7.49. The Kier molecular flexibility index (Phi) is 4.30. The topological polar surface area (TPSA) is 46.5 Å². The number of hydrogen-bond acceptors (Lipinski definition) is 3. The number of ketones is 1. The lowest BCUT2D eigenvalue weighted by Gasteiger charge is -2.15. The molecule has 0 heterocycles. The van der Waals surface area contributed by atoms with E-state index in [2.05, 4.69) is 0 Å². The van der Waals surface area contributed by atoms with Gasteiger partial charge in [-0.2, -0.15) is 0 Å². The van der Waals surface area contributed by atoms with Gasteiger partial charge in [0.2, 0.25) is 0 Å². The van der Waals surface area contributed by atoms with Crippen LogP contribution in [-0.4, -0.2) is 29.7 Å². The van der Waals surface area contributed by atoms with Crippen LogP contribution in [-0.2, 0) is 9.53 Å². The summed E-state index contributed by atoms with van der Waals surface area (Å²) in [5, 5.41) is 9.21. The van der Waals surface area contributed by atoms with Crippen LogP contribution in [0.1, 0.15) is 27.2 Å². The molecule has 0 amide bonds. The van der Waals surface area contributed by atoms with Gasteiger partial charge in [0.05, 0.1) is 5.60 Å². The Labute approximate surface area is 67.4 Å². The predicted molar refractivity (Wildman–Crippen MR) is 42.4 cm³/mol. The second-order valence-corrected chi connectivity index (χ2v) is 3.17. The van der Waals surface area contributed by atoms with Gasteiger partial charge in [0.25, 0.3) is 0 Å². The van der Waals surface area contributed by atoms with Crippen molar-refractivity contribution in [2.24, 2.45) is 0 Å². The summed E-state index contributed by atoms with van der Waals surface area (Å²) in [6.07, 6.45) is 0.160. The van der Waals surface area contributed by atoms with Gasteiger partial charge in [-0.05, 0) is 20.8 Å². The average molecular weight is 160 g/mol. The minimum absolute atomic E-state index is 0.0562. The number of ether oxygens (including phenoxy) is 1. The summed E-state index contributed by atoms with van der Waals surface area (Å²) in [5.74, 6) is -0.0562. The van der Waals surface area contributed by atoms with Crippen molar-refractivity contribution in [2.45, 2.75) is 32.8 Å². The molecule has 0 saturated carbocycles. The fourth-order valence-corrected chi connectivity index (χ4v) is 0.749. The van der Waals surface area contributed by atoms with E-state index < -0.39 is 5.60 Å². The van der Waals surface area contributed by atoms with Crippen LogP contribution in [0.2, 0.25) is 0 Å². The Morgan fingerprint density at radius 1 is 1.55 bits per heavy atom. The molecular weight excluding hydrogens is 144 g/mol. The lowest BCUT2D eigenvalue weighted by atomic mass is 10.0. The monoisotopic (exact) mass is 160 g/mol. The van der Waals surface area contributed by atoms with E-state index >= 15 is 0 Å². The maximum atomic E-state index is 10.9. The van der Waals surface area contributed by atoms with Gasteiger partial charge in [0.15, 0.2) is 5.78 Å². The van der Waals surface area contributed by atoms with Gasteiger partial charge >= 0.3 is 0 Å². The summed E-state index contributed by atoms with van der Waals surface area (Å²) in [4.78, 5) is 10.9. The van der Waals surface area contributed by atoms with E-state index in [1.165, 1.54) is 0 Å². The first-order chi connectivity index (χ1) is 4.95. The summed E-state index contributed by atoms with van der Waals surface area (Å²) >= 11 is 0. The number of Topliss-reactive ketones (excluding diaryl/α,β-unsaturated/α-hetero) is 1. The molecule has 0 fully saturated rings. The van der Waals surface area contributed by atoms with Crippen LogP contribution in [0, 0.1) is 0 Å². The predicted octanol–water partition coefficient (Wildman–Crippen LogP) is 0.753. The zero-order valence-corrected chi connectivity index (χ0v) is 7.39. The van der Waals surface area contributed by atoms with E-state index in [0.29, 0.717) is 6.61 Å². The maximum Gasteiger partial charge on any atom is 0.161 e. The van der Waals surface area contributed by atoms with E-state index in [4.69, 9.17) is 4.74 Å². The molecule has 0 aliphatic rings. The highest BCUT2D eigenvalue weighted by Gasteiger charge is 2.17. The number of hydrogen-bond donors (Lipinski definition) is 1. The SMILES string of the molecule is CCOCC(=O)CC(C)(C)O. The molecule has 0 aliphatic carbocycles. The molecule has 0 aromatic rings. The van der Waals surface area contributed by atoms with Crippen LogP contribution in [0.5, 0.6) is 0 Å². The summed E-state index contributed by atoms with van der Waals surface area (Å²) in [7, 11) is 0. The van der Waals surface area contributed by atoms with E-state index in [9.17, 15) is 9.90 Å². The molecule has 0 saturated heterocycles. The van der Waals surface area contributed by atoms with Crippen LogP contribution >= 0.6 is 0 Å². The first kappa shape index (κ1) is 10.6. The van der Waals surface area contributed by atoms with Crippen molar-refractivity contribution in [1.29, 1.82) is 0 Å². The zero-order chi connectivity index (χ0) is 8.91. The second kappa shape index (κ2) is 4.46. The van der Waals surface area contributed by atoms with Crippen molar-refractivity contribution >= 4 is 5.78 Å². The largest absolute Gasteiger partial charge is 0.390 e. The molecule has 0 atom stereocenters. The normalized spacial score (nSPS) is 11.6. The van der Waals surface area contributed by atoms with Gasteiger partial charge in [-0.15, -0.1) is 0 Å². The van der Waals surface area contributed by atoms with Crippen LogP contribution in [0.4, 0.5) is 0 Å². The molecule has 0 aromatic carbocycles. The van der Waals surface area contributed by atoms with Gasteiger partial charge in [-0.3, -0.25) is 4.79 Å². The van der Waals surface area contributed by atoms with Crippen LogP contribution < -0.4 is 0 Å². The standard InChI is InChI=1S/C8H16O3/c1-4-11-6-7(9)5-8(2,3)10/h10H,4-6H2,1-3H3. The van der Waals surface area contributed by atoms with Gasteiger partial charge in [-0.1, -0.05) is 0 Å². The summed E-state index contributed by atoms with van der Waals surface area (Å²) in [6.45, 7) is 5.70. The van der Waals surface area contributed by atoms with E-state index in [1.54, 1.807) is 13.8 Å². The van der Waals surface area contributed by atoms with Crippen molar-refractivity contribution in [3.05, 3.63) is 0 Å². The molecule has 0 aromatic heterocycles. The third-order valence-electron chi connectivity index (χ3n) is 1.10. The molecule has 66 valence electrons. The van der Waals surface area contributed by atoms with Crippen molar-refractivity contribution in [2.75, 3.05) is 13.2 Å². The Bertz CT molecular complexity index is 124. The van der Waals surface area contributed by atoms with Gasteiger partial charge in [-0.25, -0.2) is 0 Å². The minimum atomic E-state index is -0.909. The fraction of sp³-hybridized carbons (Fsp3) is 0.875. The first-order valence-electron chi connectivity index (χ1n) is 3.77. The molecule has 0 radical (unpaired) electrons. The van der Waals surface area contributed by atoms with Crippen molar-refractivity contribution in [3.8, 4) is 0 Å². The highest BCUT2D eigenvalue weighted by atomic mass is 16.5. The fourth-order valence-electron chi connectivity index (χ4n) is 0.749. The Morgan fingerprint density at radius 3 is 2.45 bits per heavy atom. The molecule has 11 heavy (non-hydrogen) atoms. The minimum Gasteiger partial charge on any atom is -0.390 e. The molecule has 0 unspecified atom stereocenters. The Balaban J connectivity index is 3.53. The molecule has 1 N–H and O–H groups in total. The maximum absolute atomic E-state index is 10.9. The van der Waals surface area contributed by atoms with E-state index in [-0.39, 0.29) is 18.8 Å². The molecule has 3 nitrogen and oxygen atoms in total. The molecule has 0 bridgehead atoms. The smallest absolute Gasteiger partial charge is 0.161 e. The summed E-state index contributed by atoms with van der Waals surface area (Å²) < 4.78 is 4.88. The first-order valence-corrected chi connectivity index (χ1v) is 3.77. The summed E-state index contributed by atoms with van der Waals surface area (Å²) in [5.41, 5.74) is -0.909. The van der Waals surface area contributed by atoms with E-state index in [0.717, 1.165) is 0 Å². The number of rotatable bonds is 5. The zero-order valence-electron chi connectivity index (χ0n) is 7.39. The second-order valence-electron chi connectivity index (χ2n) is 3.17. The van der Waals surface area contributed by atoms with Gasteiger partial charge in [0, 0.05) is 13.0 Å². The molecule has 0 rings (SSSR count). The summed E-state index contributed by atoms with van der Waals surface area (Å²) in [6, 6.07) is 0. The Hall–Kier alpha value is -0.410. The molecule has 0 spiro atoms. The van der Waals surface area contributed by atoms with Crippen molar-refractivity contribution in [1.82, 2.24) is 0 Å². The molecular formula is C8H16O3. The highest BCUT2D eigenvalue weighted by Crippen LogP contribution is 2.07. The molecule has 0 aliphatic heterocycles. The number of carbonyl (C=O) groups excluding carboxylic acids is 1.